The van der Waals surface area contributed by atoms with E-state index in [1.807, 2.05) is 37.3 Å². The Morgan fingerprint density at radius 1 is 1.19 bits per heavy atom. The lowest BCUT2D eigenvalue weighted by atomic mass is 9.69. The van der Waals surface area contributed by atoms with Crippen molar-refractivity contribution < 1.29 is 19.4 Å². The van der Waals surface area contributed by atoms with Gasteiger partial charge in [-0.05, 0) is 79.8 Å². The lowest BCUT2D eigenvalue weighted by Crippen LogP contribution is -2.33. The molecule has 0 radical (unpaired) electrons. The standard InChI is InChI=1S/C34H41N5O4/c1-20-7-8-22(31(34(3,4)33(40)41)25-9-10-28(38(5)36)32(35)21(25)2)15-23(20)18-39-13-14-43-30-17-26-27(16-24(30)19-39)37-12-11-29(26)42-6/h7-12,15-17,31H,13-14,18-19,35-36H2,1-6H3,(H,40,41). The molecule has 5 rings (SSSR count). The summed E-state index contributed by atoms with van der Waals surface area (Å²) < 4.78 is 11.7. The molecule has 0 fully saturated rings. The van der Waals surface area contributed by atoms with Gasteiger partial charge in [0.25, 0.3) is 0 Å². The van der Waals surface area contributed by atoms with Crippen LogP contribution < -0.4 is 26.1 Å². The van der Waals surface area contributed by atoms with Gasteiger partial charge < -0.3 is 25.3 Å². The van der Waals surface area contributed by atoms with E-state index >= 15 is 0 Å². The molecule has 226 valence electrons. The van der Waals surface area contributed by atoms with E-state index in [1.54, 1.807) is 34.2 Å². The van der Waals surface area contributed by atoms with Crippen LogP contribution in [0.25, 0.3) is 10.9 Å². The summed E-state index contributed by atoms with van der Waals surface area (Å²) >= 11 is 0. The fourth-order valence-electron chi connectivity index (χ4n) is 6.11. The van der Waals surface area contributed by atoms with Gasteiger partial charge >= 0.3 is 5.97 Å². The van der Waals surface area contributed by atoms with Crippen molar-refractivity contribution in [1.29, 1.82) is 0 Å². The van der Waals surface area contributed by atoms with Gasteiger partial charge in [-0.25, -0.2) is 5.84 Å². The molecule has 1 unspecified atom stereocenters. The number of carbonyl (C=O) groups is 1. The highest BCUT2D eigenvalue weighted by atomic mass is 16.5. The second-order valence-corrected chi connectivity index (χ2v) is 12.0. The van der Waals surface area contributed by atoms with Crippen LogP contribution in [0.15, 0.2) is 54.7 Å². The molecule has 0 aliphatic carbocycles. The SMILES string of the molecule is COc1ccnc2cc3c(cc12)OCCN(Cc1cc(C(c2ccc(N(C)N)c(N)c2C)C(C)(C)C(=O)O)ccc1C)C3. The van der Waals surface area contributed by atoms with Crippen molar-refractivity contribution in [3.8, 4) is 11.5 Å². The summed E-state index contributed by atoms with van der Waals surface area (Å²) in [5.41, 5.74) is 13.5. The van der Waals surface area contributed by atoms with Crippen LogP contribution in [0.5, 0.6) is 11.5 Å². The van der Waals surface area contributed by atoms with Crippen LogP contribution in [0.1, 0.15) is 53.1 Å². The average Bonchev–Trinajstić information content (AvgIpc) is 3.16. The number of hydrogen-bond donors (Lipinski definition) is 3. The third-order valence-electron chi connectivity index (χ3n) is 8.76. The molecule has 0 amide bonds. The fraction of sp³-hybridized carbons (Fsp3) is 0.353. The maximum atomic E-state index is 12.6. The molecule has 0 saturated heterocycles. The Hall–Kier alpha value is -4.34. The van der Waals surface area contributed by atoms with Gasteiger partial charge in [-0.3, -0.25) is 14.7 Å². The van der Waals surface area contributed by atoms with E-state index in [1.165, 1.54) is 5.01 Å². The summed E-state index contributed by atoms with van der Waals surface area (Å²) in [5.74, 6) is 6.29. The van der Waals surface area contributed by atoms with E-state index < -0.39 is 17.3 Å². The molecule has 1 aliphatic heterocycles. The number of carboxylic acids is 1. The van der Waals surface area contributed by atoms with E-state index in [9.17, 15) is 9.90 Å². The molecule has 5 N–H and O–H groups in total. The predicted octanol–water partition coefficient (Wildman–Crippen LogP) is 5.39. The topological polar surface area (TPSA) is 127 Å². The monoisotopic (exact) mass is 583 g/mol. The van der Waals surface area contributed by atoms with Crippen molar-refractivity contribution in [2.45, 2.75) is 46.7 Å². The number of nitrogen functional groups attached to an aromatic ring is 1. The van der Waals surface area contributed by atoms with Crippen LogP contribution in [-0.4, -0.2) is 48.3 Å². The van der Waals surface area contributed by atoms with E-state index in [0.717, 1.165) is 62.3 Å². The Kier molecular flexibility index (Phi) is 8.23. The molecular weight excluding hydrogens is 542 g/mol. The van der Waals surface area contributed by atoms with Gasteiger partial charge in [-0.2, -0.15) is 0 Å². The number of fused-ring (bicyclic) bond motifs is 2. The number of rotatable bonds is 8. The first-order valence-corrected chi connectivity index (χ1v) is 14.4. The summed E-state index contributed by atoms with van der Waals surface area (Å²) in [6.45, 7) is 10.2. The maximum Gasteiger partial charge on any atom is 0.310 e. The molecule has 9 heteroatoms. The van der Waals surface area contributed by atoms with Gasteiger partial charge in [0.1, 0.15) is 18.1 Å². The van der Waals surface area contributed by atoms with Crippen molar-refractivity contribution in [2.24, 2.45) is 11.3 Å². The largest absolute Gasteiger partial charge is 0.496 e. The molecule has 0 saturated carbocycles. The van der Waals surface area contributed by atoms with Crippen LogP contribution in [0.2, 0.25) is 0 Å². The van der Waals surface area contributed by atoms with Crippen LogP contribution in [0.4, 0.5) is 11.4 Å². The minimum absolute atomic E-state index is 0.440. The lowest BCUT2D eigenvalue weighted by molar-refractivity contribution is -0.147. The lowest BCUT2D eigenvalue weighted by Gasteiger charge is -2.34. The highest BCUT2D eigenvalue weighted by molar-refractivity contribution is 5.87. The van der Waals surface area contributed by atoms with Gasteiger partial charge in [0.05, 0.1) is 29.4 Å². The zero-order valence-electron chi connectivity index (χ0n) is 25.8. The minimum atomic E-state index is -1.11. The zero-order valence-corrected chi connectivity index (χ0v) is 25.8. The number of aromatic nitrogens is 1. The highest BCUT2D eigenvalue weighted by Crippen LogP contribution is 2.45. The third kappa shape index (κ3) is 5.70. The predicted molar refractivity (Wildman–Crippen MR) is 171 cm³/mol. The third-order valence-corrected chi connectivity index (χ3v) is 8.76. The molecule has 1 aliphatic rings. The fourth-order valence-corrected chi connectivity index (χ4v) is 6.11. The number of aryl methyl sites for hydroxylation is 1. The number of nitrogens with zero attached hydrogens (tertiary/aromatic N) is 3. The normalized spacial score (nSPS) is 14.5. The van der Waals surface area contributed by atoms with Crippen LogP contribution >= 0.6 is 0 Å². The Morgan fingerprint density at radius 3 is 2.65 bits per heavy atom. The maximum absolute atomic E-state index is 12.6. The number of benzene rings is 3. The van der Waals surface area contributed by atoms with Crippen molar-refractivity contribution in [3.63, 3.8) is 0 Å². The molecule has 2 heterocycles. The second-order valence-electron chi connectivity index (χ2n) is 12.0. The summed E-state index contributed by atoms with van der Waals surface area (Å²) in [6.07, 6.45) is 1.75. The highest BCUT2D eigenvalue weighted by Gasteiger charge is 2.40. The van der Waals surface area contributed by atoms with Crippen molar-refractivity contribution in [2.75, 3.05) is 38.1 Å². The van der Waals surface area contributed by atoms with Gasteiger partial charge in [0.15, 0.2) is 0 Å². The van der Waals surface area contributed by atoms with Gasteiger partial charge in [0.2, 0.25) is 0 Å². The molecular formula is C34H41N5O4. The van der Waals surface area contributed by atoms with E-state index in [4.69, 9.17) is 21.1 Å². The number of hydrazine groups is 1. The van der Waals surface area contributed by atoms with Gasteiger partial charge in [-0.15, -0.1) is 0 Å². The van der Waals surface area contributed by atoms with E-state index in [0.29, 0.717) is 31.1 Å². The molecule has 4 aromatic rings. The summed E-state index contributed by atoms with van der Waals surface area (Å²) in [5, 5.41) is 12.8. The molecule has 0 bridgehead atoms. The van der Waals surface area contributed by atoms with Crippen LogP contribution in [-0.2, 0) is 17.9 Å². The minimum Gasteiger partial charge on any atom is -0.496 e. The van der Waals surface area contributed by atoms with Crippen molar-refractivity contribution >= 4 is 28.2 Å². The van der Waals surface area contributed by atoms with Crippen LogP contribution in [0, 0.1) is 19.3 Å². The number of methoxy groups -OCH3 is 1. The Bertz CT molecular complexity index is 1680. The average molecular weight is 584 g/mol. The number of pyridine rings is 1. The number of nitrogens with two attached hydrogens (primary N) is 2. The van der Waals surface area contributed by atoms with Crippen molar-refractivity contribution in [3.05, 3.63) is 88.1 Å². The Morgan fingerprint density at radius 2 is 1.95 bits per heavy atom. The Balaban J connectivity index is 1.51. The first-order valence-electron chi connectivity index (χ1n) is 14.4. The smallest absolute Gasteiger partial charge is 0.310 e. The summed E-state index contributed by atoms with van der Waals surface area (Å²) in [6, 6.07) is 16.1. The quantitative estimate of drug-likeness (QED) is 0.142. The zero-order chi connectivity index (χ0) is 31.1. The van der Waals surface area contributed by atoms with E-state index in [-0.39, 0.29) is 0 Å². The molecule has 1 atom stereocenters. The molecule has 43 heavy (non-hydrogen) atoms. The van der Waals surface area contributed by atoms with Crippen LogP contribution in [0.3, 0.4) is 0 Å². The number of hydrogen-bond acceptors (Lipinski definition) is 8. The molecule has 9 nitrogen and oxygen atoms in total. The van der Waals surface area contributed by atoms with Gasteiger partial charge in [0, 0.05) is 49.7 Å². The number of anilines is 2. The molecule has 3 aromatic carbocycles. The number of ether oxygens (including phenoxy) is 2. The first kappa shape index (κ1) is 30.1. The van der Waals surface area contributed by atoms with E-state index in [2.05, 4.69) is 35.0 Å². The molecule has 1 aromatic heterocycles. The molecule has 0 spiro atoms. The number of carboxylic acid groups (broad SMARTS) is 1. The summed E-state index contributed by atoms with van der Waals surface area (Å²) in [7, 11) is 3.39. The first-order chi connectivity index (χ1) is 20.4. The number of aliphatic carboxylic acids is 1. The Labute approximate surface area is 253 Å². The summed E-state index contributed by atoms with van der Waals surface area (Å²) in [4.78, 5) is 19.6. The van der Waals surface area contributed by atoms with Gasteiger partial charge in [-0.1, -0.05) is 24.3 Å². The second kappa shape index (κ2) is 11.7. The van der Waals surface area contributed by atoms with Crippen molar-refractivity contribution in [1.82, 2.24) is 9.88 Å².